The van der Waals surface area contributed by atoms with Crippen molar-refractivity contribution in [2.45, 2.75) is 6.42 Å². The molecule has 0 saturated carbocycles. The molecular weight excluding hydrogens is 446 g/mol. The molecule has 35 heavy (non-hydrogen) atoms. The summed E-state index contributed by atoms with van der Waals surface area (Å²) in [5.74, 6) is 2.44. The average molecular weight is 474 g/mol. The number of amides is 2. The molecule has 0 spiro atoms. The molecule has 0 radical (unpaired) electrons. The number of nitrogens with one attached hydrogen (secondary N) is 1. The van der Waals surface area contributed by atoms with Crippen LogP contribution in [-0.4, -0.2) is 71.7 Å². The standard InChI is InChI=1S/C25H27N7O3/c1-35-20-6-4-5-19(16-20)32-17-18(15-24(32)33)25(34)31-13-11-30(12-14-31)23-9-8-22(28-29-23)27-21-7-2-3-10-26-21/h2-10,16,18H,11-15,17H2,1H3,(H,26,27,28). The molecule has 2 saturated heterocycles. The highest BCUT2D eigenvalue weighted by Crippen LogP contribution is 2.29. The quantitative estimate of drug-likeness (QED) is 0.582. The van der Waals surface area contributed by atoms with Gasteiger partial charge in [0, 0.05) is 57.1 Å². The Morgan fingerprint density at radius 2 is 1.86 bits per heavy atom. The van der Waals surface area contributed by atoms with Crippen LogP contribution in [0.2, 0.25) is 0 Å². The fourth-order valence-electron chi connectivity index (χ4n) is 4.44. The molecule has 2 aromatic heterocycles. The van der Waals surface area contributed by atoms with E-state index in [1.54, 1.807) is 18.2 Å². The van der Waals surface area contributed by atoms with E-state index in [1.807, 2.05) is 59.5 Å². The van der Waals surface area contributed by atoms with Crippen molar-refractivity contribution >= 4 is 35.0 Å². The molecule has 1 unspecified atom stereocenters. The molecule has 5 rings (SSSR count). The van der Waals surface area contributed by atoms with Crippen LogP contribution in [0.15, 0.2) is 60.8 Å². The molecule has 2 fully saturated rings. The number of hydrogen-bond acceptors (Lipinski definition) is 8. The first-order valence-corrected chi connectivity index (χ1v) is 11.6. The van der Waals surface area contributed by atoms with Gasteiger partial charge in [-0.3, -0.25) is 9.59 Å². The number of hydrogen-bond donors (Lipinski definition) is 1. The highest BCUT2D eigenvalue weighted by Gasteiger charge is 2.38. The van der Waals surface area contributed by atoms with E-state index in [9.17, 15) is 9.59 Å². The van der Waals surface area contributed by atoms with Crippen molar-refractivity contribution in [2.75, 3.05) is 55.0 Å². The maximum absolute atomic E-state index is 13.2. The van der Waals surface area contributed by atoms with Crippen LogP contribution in [0.25, 0.3) is 0 Å². The number of ether oxygens (including phenoxy) is 1. The van der Waals surface area contributed by atoms with Crippen LogP contribution in [-0.2, 0) is 9.59 Å². The SMILES string of the molecule is COc1cccc(N2CC(C(=O)N3CCN(c4ccc(Nc5ccccn5)nn4)CC3)CC2=O)c1. The Morgan fingerprint density at radius 1 is 1.00 bits per heavy atom. The van der Waals surface area contributed by atoms with Gasteiger partial charge in [-0.15, -0.1) is 10.2 Å². The van der Waals surface area contributed by atoms with Gasteiger partial charge in [-0.05, 0) is 36.4 Å². The highest BCUT2D eigenvalue weighted by atomic mass is 16.5. The van der Waals surface area contributed by atoms with E-state index in [0.717, 1.165) is 11.5 Å². The third kappa shape index (κ3) is 5.01. The van der Waals surface area contributed by atoms with E-state index < -0.39 is 0 Å². The van der Waals surface area contributed by atoms with Crippen molar-refractivity contribution in [2.24, 2.45) is 5.92 Å². The number of pyridine rings is 1. The van der Waals surface area contributed by atoms with Crippen LogP contribution in [0.3, 0.4) is 0 Å². The van der Waals surface area contributed by atoms with Crippen LogP contribution < -0.4 is 19.9 Å². The minimum atomic E-state index is -0.336. The number of anilines is 4. The average Bonchev–Trinajstić information content (AvgIpc) is 3.31. The van der Waals surface area contributed by atoms with E-state index in [-0.39, 0.29) is 24.2 Å². The minimum absolute atomic E-state index is 0.0318. The zero-order valence-electron chi connectivity index (χ0n) is 19.5. The summed E-state index contributed by atoms with van der Waals surface area (Å²) in [6.07, 6.45) is 1.94. The van der Waals surface area contributed by atoms with Crippen LogP contribution in [0.5, 0.6) is 5.75 Å². The molecule has 3 aromatic rings. The number of carbonyl (C=O) groups is 2. The molecule has 10 heteroatoms. The second-order valence-electron chi connectivity index (χ2n) is 8.54. The molecule has 10 nitrogen and oxygen atoms in total. The molecule has 1 N–H and O–H groups in total. The first-order chi connectivity index (χ1) is 17.1. The van der Waals surface area contributed by atoms with Crippen molar-refractivity contribution in [1.82, 2.24) is 20.1 Å². The number of rotatable bonds is 6. The van der Waals surface area contributed by atoms with Gasteiger partial charge in [0.15, 0.2) is 11.6 Å². The largest absolute Gasteiger partial charge is 0.497 e. The number of nitrogens with zero attached hydrogens (tertiary/aromatic N) is 6. The Kier molecular flexibility index (Phi) is 6.42. The van der Waals surface area contributed by atoms with Crippen molar-refractivity contribution < 1.29 is 14.3 Å². The number of benzene rings is 1. The smallest absolute Gasteiger partial charge is 0.228 e. The first kappa shape index (κ1) is 22.6. The number of piperazine rings is 1. The van der Waals surface area contributed by atoms with Crippen LogP contribution in [0.4, 0.5) is 23.1 Å². The van der Waals surface area contributed by atoms with Gasteiger partial charge in [0.25, 0.3) is 0 Å². The third-order valence-electron chi connectivity index (χ3n) is 6.33. The van der Waals surface area contributed by atoms with Gasteiger partial charge in [-0.25, -0.2) is 4.98 Å². The van der Waals surface area contributed by atoms with Gasteiger partial charge < -0.3 is 24.8 Å². The monoisotopic (exact) mass is 473 g/mol. The maximum atomic E-state index is 13.2. The molecule has 1 atom stereocenters. The van der Waals surface area contributed by atoms with Gasteiger partial charge >= 0.3 is 0 Å². The fourth-order valence-corrected chi connectivity index (χ4v) is 4.44. The highest BCUT2D eigenvalue weighted by molar-refractivity contribution is 6.00. The van der Waals surface area contributed by atoms with Crippen LogP contribution in [0.1, 0.15) is 6.42 Å². The van der Waals surface area contributed by atoms with Crippen molar-refractivity contribution in [1.29, 1.82) is 0 Å². The number of methoxy groups -OCH3 is 1. The van der Waals surface area contributed by atoms with Crippen LogP contribution in [0, 0.1) is 5.92 Å². The summed E-state index contributed by atoms with van der Waals surface area (Å²) >= 11 is 0. The predicted molar refractivity (Wildman–Crippen MR) is 132 cm³/mol. The summed E-state index contributed by atoms with van der Waals surface area (Å²) in [7, 11) is 1.59. The van der Waals surface area contributed by atoms with Crippen molar-refractivity contribution in [3.63, 3.8) is 0 Å². The molecule has 2 amide bonds. The van der Waals surface area contributed by atoms with E-state index >= 15 is 0 Å². The Hall–Kier alpha value is -4.21. The van der Waals surface area contributed by atoms with Gasteiger partial charge in [-0.2, -0.15) is 0 Å². The number of aromatic nitrogens is 3. The molecule has 4 heterocycles. The molecule has 0 aliphatic carbocycles. The summed E-state index contributed by atoms with van der Waals surface area (Å²) in [5, 5.41) is 11.7. The first-order valence-electron chi connectivity index (χ1n) is 11.6. The molecular formula is C25H27N7O3. The van der Waals surface area contributed by atoms with E-state index in [4.69, 9.17) is 4.74 Å². The molecule has 2 aliphatic rings. The minimum Gasteiger partial charge on any atom is -0.497 e. The maximum Gasteiger partial charge on any atom is 0.228 e. The summed E-state index contributed by atoms with van der Waals surface area (Å²) in [6, 6.07) is 16.8. The zero-order valence-corrected chi connectivity index (χ0v) is 19.5. The predicted octanol–water partition coefficient (Wildman–Crippen LogP) is 2.33. The third-order valence-corrected chi connectivity index (χ3v) is 6.33. The molecule has 0 bridgehead atoms. The lowest BCUT2D eigenvalue weighted by Crippen LogP contribution is -2.51. The Labute approximate surface area is 203 Å². The second kappa shape index (κ2) is 9.96. The Morgan fingerprint density at radius 3 is 2.57 bits per heavy atom. The summed E-state index contributed by atoms with van der Waals surface area (Å²) in [5.41, 5.74) is 0.758. The topological polar surface area (TPSA) is 104 Å². The second-order valence-corrected chi connectivity index (χ2v) is 8.54. The van der Waals surface area contributed by atoms with Crippen molar-refractivity contribution in [3.05, 3.63) is 60.8 Å². The van der Waals surface area contributed by atoms with Gasteiger partial charge in [0.2, 0.25) is 11.8 Å². The van der Waals surface area contributed by atoms with E-state index in [0.29, 0.717) is 50.1 Å². The Bertz CT molecular complexity index is 1180. The van der Waals surface area contributed by atoms with Gasteiger partial charge in [0.05, 0.1) is 13.0 Å². The summed E-state index contributed by atoms with van der Waals surface area (Å²) in [4.78, 5) is 35.7. The van der Waals surface area contributed by atoms with Crippen LogP contribution >= 0.6 is 0 Å². The van der Waals surface area contributed by atoms with Gasteiger partial charge in [-0.1, -0.05) is 12.1 Å². The molecule has 180 valence electrons. The van der Waals surface area contributed by atoms with Crippen molar-refractivity contribution in [3.8, 4) is 5.75 Å². The normalized spacial score (nSPS) is 18.0. The Balaban J connectivity index is 1.15. The van der Waals surface area contributed by atoms with E-state index in [2.05, 4.69) is 25.4 Å². The lowest BCUT2D eigenvalue weighted by Gasteiger charge is -2.36. The van der Waals surface area contributed by atoms with Gasteiger partial charge in [0.1, 0.15) is 11.6 Å². The molecule has 2 aliphatic heterocycles. The summed E-state index contributed by atoms with van der Waals surface area (Å²) < 4.78 is 5.27. The lowest BCUT2D eigenvalue weighted by molar-refractivity contribution is -0.136. The van der Waals surface area contributed by atoms with E-state index in [1.165, 1.54) is 0 Å². The molecule has 1 aromatic carbocycles. The number of carbonyl (C=O) groups excluding carboxylic acids is 2. The zero-order chi connectivity index (χ0) is 24.2. The lowest BCUT2D eigenvalue weighted by atomic mass is 10.1. The summed E-state index contributed by atoms with van der Waals surface area (Å²) in [6.45, 7) is 2.87. The fraction of sp³-hybridized carbons (Fsp3) is 0.320.